The second kappa shape index (κ2) is 6.25. The van der Waals surface area contributed by atoms with Gasteiger partial charge >= 0.3 is 6.03 Å². The van der Waals surface area contributed by atoms with Gasteiger partial charge in [-0.2, -0.15) is 0 Å². The highest BCUT2D eigenvalue weighted by atomic mass is 16.5. The van der Waals surface area contributed by atoms with Crippen LogP contribution in [0.25, 0.3) is 0 Å². The standard InChI is InChI=1S/C16H21N3O3/c1-22-13-8-4-5-11(9-13)17-15(20)14-10-19(16(21)18-14)12-6-2-3-7-12/h4-5,8-9,12,14H,2-3,6-7,10H2,1H3,(H,17,20)(H,18,21). The lowest BCUT2D eigenvalue weighted by Gasteiger charge is -2.22. The van der Waals surface area contributed by atoms with E-state index in [9.17, 15) is 9.59 Å². The zero-order chi connectivity index (χ0) is 15.5. The van der Waals surface area contributed by atoms with Crippen molar-refractivity contribution in [2.24, 2.45) is 0 Å². The minimum Gasteiger partial charge on any atom is -0.497 e. The van der Waals surface area contributed by atoms with Crippen LogP contribution in [0.2, 0.25) is 0 Å². The van der Waals surface area contributed by atoms with Crippen molar-refractivity contribution in [1.82, 2.24) is 10.2 Å². The summed E-state index contributed by atoms with van der Waals surface area (Å²) < 4.78 is 5.13. The molecule has 3 amide bonds. The average molecular weight is 303 g/mol. The van der Waals surface area contributed by atoms with Gasteiger partial charge in [0.05, 0.1) is 13.7 Å². The molecule has 6 heteroatoms. The van der Waals surface area contributed by atoms with E-state index >= 15 is 0 Å². The molecule has 1 aromatic carbocycles. The quantitative estimate of drug-likeness (QED) is 0.893. The molecule has 1 aromatic rings. The van der Waals surface area contributed by atoms with E-state index in [1.165, 1.54) is 0 Å². The number of benzene rings is 1. The molecule has 2 fully saturated rings. The third-order valence-electron chi connectivity index (χ3n) is 4.36. The smallest absolute Gasteiger partial charge is 0.318 e. The van der Waals surface area contributed by atoms with E-state index in [0.29, 0.717) is 18.0 Å². The number of nitrogens with zero attached hydrogens (tertiary/aromatic N) is 1. The van der Waals surface area contributed by atoms with E-state index in [1.807, 2.05) is 17.0 Å². The number of amides is 3. The fourth-order valence-electron chi connectivity index (χ4n) is 3.17. The third-order valence-corrected chi connectivity index (χ3v) is 4.36. The van der Waals surface area contributed by atoms with Crippen LogP contribution >= 0.6 is 0 Å². The predicted octanol–water partition coefficient (Wildman–Crippen LogP) is 1.97. The van der Waals surface area contributed by atoms with Crippen molar-refractivity contribution in [2.75, 3.05) is 19.0 Å². The number of hydrogen-bond donors (Lipinski definition) is 2. The molecular formula is C16H21N3O3. The molecule has 0 radical (unpaired) electrons. The summed E-state index contributed by atoms with van der Waals surface area (Å²) >= 11 is 0. The molecule has 3 rings (SSSR count). The summed E-state index contributed by atoms with van der Waals surface area (Å²) in [5.74, 6) is 0.489. The number of carbonyl (C=O) groups excluding carboxylic acids is 2. The van der Waals surface area contributed by atoms with Crippen LogP contribution in [0.1, 0.15) is 25.7 Å². The van der Waals surface area contributed by atoms with Crippen LogP contribution in [0.4, 0.5) is 10.5 Å². The van der Waals surface area contributed by atoms with Crippen molar-refractivity contribution in [2.45, 2.75) is 37.8 Å². The first-order valence-electron chi connectivity index (χ1n) is 7.69. The first-order valence-corrected chi connectivity index (χ1v) is 7.69. The van der Waals surface area contributed by atoms with Crippen molar-refractivity contribution in [1.29, 1.82) is 0 Å². The molecule has 6 nitrogen and oxygen atoms in total. The van der Waals surface area contributed by atoms with E-state index in [0.717, 1.165) is 25.7 Å². The normalized spacial score (nSPS) is 21.8. The Labute approximate surface area is 129 Å². The van der Waals surface area contributed by atoms with Gasteiger partial charge in [0.25, 0.3) is 0 Å². The molecule has 1 saturated carbocycles. The van der Waals surface area contributed by atoms with Crippen LogP contribution in [0.5, 0.6) is 5.75 Å². The summed E-state index contributed by atoms with van der Waals surface area (Å²) in [5, 5.41) is 5.60. The van der Waals surface area contributed by atoms with Gasteiger partial charge in [0.1, 0.15) is 11.8 Å². The lowest BCUT2D eigenvalue weighted by molar-refractivity contribution is -0.117. The lowest BCUT2D eigenvalue weighted by atomic mass is 10.2. The van der Waals surface area contributed by atoms with Gasteiger partial charge in [-0.3, -0.25) is 4.79 Å². The number of carbonyl (C=O) groups is 2. The summed E-state index contributed by atoms with van der Waals surface area (Å²) in [6.45, 7) is 0.444. The maximum atomic E-state index is 12.3. The topological polar surface area (TPSA) is 70.7 Å². The maximum Gasteiger partial charge on any atom is 0.318 e. The van der Waals surface area contributed by atoms with Gasteiger partial charge in [0.2, 0.25) is 5.91 Å². The van der Waals surface area contributed by atoms with Crippen molar-refractivity contribution >= 4 is 17.6 Å². The van der Waals surface area contributed by atoms with Gasteiger partial charge in [-0.05, 0) is 25.0 Å². The first kappa shape index (κ1) is 14.7. The first-order chi connectivity index (χ1) is 10.7. The molecule has 1 atom stereocenters. The van der Waals surface area contributed by atoms with Crippen LogP contribution in [-0.2, 0) is 4.79 Å². The fraction of sp³-hybridized carbons (Fsp3) is 0.500. The Morgan fingerprint density at radius 2 is 2.14 bits per heavy atom. The average Bonchev–Trinajstić information content (AvgIpc) is 3.16. The van der Waals surface area contributed by atoms with Crippen molar-refractivity contribution in [3.05, 3.63) is 24.3 Å². The maximum absolute atomic E-state index is 12.3. The molecule has 1 aliphatic heterocycles. The van der Waals surface area contributed by atoms with Crippen LogP contribution in [0, 0.1) is 0 Å². The SMILES string of the molecule is COc1cccc(NC(=O)C2CN(C3CCCC3)C(=O)N2)c1. The van der Waals surface area contributed by atoms with Crippen molar-refractivity contribution < 1.29 is 14.3 Å². The Morgan fingerprint density at radius 3 is 2.86 bits per heavy atom. The summed E-state index contributed by atoms with van der Waals surface area (Å²) in [7, 11) is 1.58. The van der Waals surface area contributed by atoms with Crippen LogP contribution < -0.4 is 15.4 Å². The van der Waals surface area contributed by atoms with Crippen LogP contribution in [0.15, 0.2) is 24.3 Å². The van der Waals surface area contributed by atoms with E-state index in [4.69, 9.17) is 4.74 Å². The molecule has 0 bridgehead atoms. The Balaban J connectivity index is 1.62. The van der Waals surface area contributed by atoms with Gasteiger partial charge in [0.15, 0.2) is 0 Å². The number of rotatable bonds is 4. The Kier molecular flexibility index (Phi) is 4.18. The second-order valence-corrected chi connectivity index (χ2v) is 5.81. The molecule has 22 heavy (non-hydrogen) atoms. The number of urea groups is 1. The molecule has 1 unspecified atom stereocenters. The summed E-state index contributed by atoms with van der Waals surface area (Å²) in [6.07, 6.45) is 4.40. The highest BCUT2D eigenvalue weighted by Crippen LogP contribution is 2.26. The summed E-state index contributed by atoms with van der Waals surface area (Å²) in [6, 6.07) is 6.84. The van der Waals surface area contributed by atoms with E-state index in [-0.39, 0.29) is 18.0 Å². The Hall–Kier alpha value is -2.24. The van der Waals surface area contributed by atoms with Gasteiger partial charge in [-0.1, -0.05) is 18.9 Å². The molecule has 0 aromatic heterocycles. The molecule has 1 heterocycles. The van der Waals surface area contributed by atoms with E-state index in [1.54, 1.807) is 19.2 Å². The van der Waals surface area contributed by atoms with E-state index < -0.39 is 6.04 Å². The van der Waals surface area contributed by atoms with E-state index in [2.05, 4.69) is 10.6 Å². The minimum atomic E-state index is -0.501. The molecule has 2 aliphatic rings. The minimum absolute atomic E-state index is 0.127. The zero-order valence-corrected chi connectivity index (χ0v) is 12.7. The Bertz CT molecular complexity index is 570. The van der Waals surface area contributed by atoms with Gasteiger partial charge in [-0.15, -0.1) is 0 Å². The number of methoxy groups -OCH3 is 1. The number of hydrogen-bond acceptors (Lipinski definition) is 3. The van der Waals surface area contributed by atoms with Gasteiger partial charge in [-0.25, -0.2) is 4.79 Å². The highest BCUT2D eigenvalue weighted by Gasteiger charge is 2.38. The lowest BCUT2D eigenvalue weighted by Crippen LogP contribution is -2.38. The number of ether oxygens (including phenoxy) is 1. The van der Waals surface area contributed by atoms with Crippen LogP contribution in [0.3, 0.4) is 0 Å². The number of anilines is 1. The molecule has 1 saturated heterocycles. The third kappa shape index (κ3) is 3.00. The molecule has 118 valence electrons. The predicted molar refractivity (Wildman–Crippen MR) is 82.9 cm³/mol. The molecule has 0 spiro atoms. The second-order valence-electron chi connectivity index (χ2n) is 5.81. The molecule has 1 aliphatic carbocycles. The van der Waals surface area contributed by atoms with Gasteiger partial charge < -0.3 is 20.3 Å². The van der Waals surface area contributed by atoms with Crippen molar-refractivity contribution in [3.8, 4) is 5.75 Å². The molecule has 2 N–H and O–H groups in total. The molecular weight excluding hydrogens is 282 g/mol. The largest absolute Gasteiger partial charge is 0.497 e. The number of nitrogens with one attached hydrogen (secondary N) is 2. The summed E-state index contributed by atoms with van der Waals surface area (Å²) in [5.41, 5.74) is 0.665. The Morgan fingerprint density at radius 1 is 1.36 bits per heavy atom. The van der Waals surface area contributed by atoms with Gasteiger partial charge in [0, 0.05) is 17.8 Å². The summed E-state index contributed by atoms with van der Waals surface area (Å²) in [4.78, 5) is 26.2. The van der Waals surface area contributed by atoms with Crippen molar-refractivity contribution in [3.63, 3.8) is 0 Å². The highest BCUT2D eigenvalue weighted by molar-refractivity contribution is 5.99. The zero-order valence-electron chi connectivity index (χ0n) is 12.7. The van der Waals surface area contributed by atoms with Crippen LogP contribution in [-0.4, -0.2) is 42.6 Å². The fourth-order valence-corrected chi connectivity index (χ4v) is 3.17. The monoisotopic (exact) mass is 303 g/mol.